The van der Waals surface area contributed by atoms with E-state index in [0.717, 1.165) is 9.87 Å². The molecule has 36 heavy (non-hydrogen) atoms. The van der Waals surface area contributed by atoms with Crippen LogP contribution in [0, 0.1) is 6.92 Å². The van der Waals surface area contributed by atoms with Crippen LogP contribution in [0.1, 0.15) is 18.1 Å². The Bertz CT molecular complexity index is 1350. The summed E-state index contributed by atoms with van der Waals surface area (Å²) in [6.45, 7) is 2.85. The van der Waals surface area contributed by atoms with Crippen LogP contribution in [-0.4, -0.2) is 44.8 Å². The van der Waals surface area contributed by atoms with E-state index in [0.29, 0.717) is 10.6 Å². The zero-order valence-corrected chi connectivity index (χ0v) is 22.4. The van der Waals surface area contributed by atoms with Gasteiger partial charge < -0.3 is 10.2 Å². The van der Waals surface area contributed by atoms with E-state index < -0.39 is 34.4 Å². The number of aryl methyl sites for hydroxylation is 1. The minimum absolute atomic E-state index is 0.00797. The van der Waals surface area contributed by atoms with E-state index >= 15 is 0 Å². The molecule has 3 rings (SSSR count). The van der Waals surface area contributed by atoms with Gasteiger partial charge in [-0.15, -0.1) is 0 Å². The molecule has 0 radical (unpaired) electrons. The van der Waals surface area contributed by atoms with Crippen molar-refractivity contribution in [3.63, 3.8) is 0 Å². The van der Waals surface area contributed by atoms with Crippen LogP contribution in [0.5, 0.6) is 0 Å². The van der Waals surface area contributed by atoms with Gasteiger partial charge in [0.05, 0.1) is 15.6 Å². The van der Waals surface area contributed by atoms with Crippen molar-refractivity contribution >= 4 is 50.7 Å². The predicted octanol–water partition coefficient (Wildman–Crippen LogP) is 4.66. The first-order valence-corrected chi connectivity index (χ1v) is 13.3. The molecule has 2 amide bonds. The third-order valence-corrected chi connectivity index (χ3v) is 8.18. The summed E-state index contributed by atoms with van der Waals surface area (Å²) in [5.74, 6) is -0.997. The minimum Gasteiger partial charge on any atom is -0.357 e. The molecule has 1 atom stereocenters. The molecule has 0 aliphatic heterocycles. The number of anilines is 1. The second-order valence-corrected chi connectivity index (χ2v) is 10.9. The lowest BCUT2D eigenvalue weighted by Crippen LogP contribution is -2.50. The molecular formula is C26H27Cl2N3O4S. The van der Waals surface area contributed by atoms with Gasteiger partial charge in [0.25, 0.3) is 10.0 Å². The lowest BCUT2D eigenvalue weighted by atomic mass is 10.1. The highest BCUT2D eigenvalue weighted by Crippen LogP contribution is 2.31. The number of benzene rings is 3. The third kappa shape index (κ3) is 6.19. The average molecular weight is 548 g/mol. The molecule has 0 aliphatic carbocycles. The summed E-state index contributed by atoms with van der Waals surface area (Å²) in [5.41, 5.74) is 1.66. The van der Waals surface area contributed by atoms with Gasteiger partial charge in [-0.25, -0.2) is 8.42 Å². The summed E-state index contributed by atoms with van der Waals surface area (Å²) in [6, 6.07) is 18.8. The molecule has 3 aromatic carbocycles. The molecule has 0 saturated carbocycles. The molecule has 7 nitrogen and oxygen atoms in total. The van der Waals surface area contributed by atoms with Gasteiger partial charge in [-0.05, 0) is 49.7 Å². The van der Waals surface area contributed by atoms with E-state index in [9.17, 15) is 18.0 Å². The Balaban J connectivity index is 2.06. The van der Waals surface area contributed by atoms with Gasteiger partial charge in [0.1, 0.15) is 12.6 Å². The Morgan fingerprint density at radius 3 is 2.08 bits per heavy atom. The van der Waals surface area contributed by atoms with Gasteiger partial charge in [-0.3, -0.25) is 13.9 Å². The summed E-state index contributed by atoms with van der Waals surface area (Å²) < 4.78 is 28.4. The summed E-state index contributed by atoms with van der Waals surface area (Å²) in [7, 11) is -2.71. The van der Waals surface area contributed by atoms with E-state index in [2.05, 4.69) is 5.32 Å². The molecule has 1 N–H and O–H groups in total. The van der Waals surface area contributed by atoms with Crippen molar-refractivity contribution in [1.29, 1.82) is 0 Å². The minimum atomic E-state index is -4.18. The lowest BCUT2D eigenvalue weighted by Gasteiger charge is -2.32. The Labute approximate surface area is 221 Å². The topological polar surface area (TPSA) is 86.8 Å². The summed E-state index contributed by atoms with van der Waals surface area (Å²) in [4.78, 5) is 27.5. The molecule has 0 bridgehead atoms. The highest BCUT2D eigenvalue weighted by atomic mass is 35.5. The number of rotatable bonds is 9. The van der Waals surface area contributed by atoms with Crippen LogP contribution in [0.25, 0.3) is 0 Å². The average Bonchev–Trinajstić information content (AvgIpc) is 2.86. The Kier molecular flexibility index (Phi) is 9.00. The number of amides is 2. The molecule has 0 heterocycles. The van der Waals surface area contributed by atoms with Crippen LogP contribution in [-0.2, 0) is 26.2 Å². The number of hydrogen-bond donors (Lipinski definition) is 1. The highest BCUT2D eigenvalue weighted by molar-refractivity contribution is 7.92. The van der Waals surface area contributed by atoms with Crippen LogP contribution < -0.4 is 9.62 Å². The van der Waals surface area contributed by atoms with Crippen molar-refractivity contribution in [2.24, 2.45) is 0 Å². The zero-order chi connectivity index (χ0) is 26.5. The normalized spacial score (nSPS) is 12.0. The van der Waals surface area contributed by atoms with Crippen LogP contribution in [0.2, 0.25) is 10.0 Å². The maximum atomic E-state index is 13.7. The Morgan fingerprint density at radius 2 is 1.50 bits per heavy atom. The van der Waals surface area contributed by atoms with E-state index in [4.69, 9.17) is 23.2 Å². The fourth-order valence-corrected chi connectivity index (χ4v) is 5.52. The first-order chi connectivity index (χ1) is 17.1. The Hall–Kier alpha value is -3.07. The Morgan fingerprint density at radius 1 is 0.917 bits per heavy atom. The van der Waals surface area contributed by atoms with E-state index in [1.54, 1.807) is 61.5 Å². The fraction of sp³-hybridized carbons (Fsp3) is 0.231. The van der Waals surface area contributed by atoms with Crippen LogP contribution in [0.4, 0.5) is 5.69 Å². The van der Waals surface area contributed by atoms with Crippen LogP contribution in [0.15, 0.2) is 77.7 Å². The molecule has 0 fully saturated rings. The van der Waals surface area contributed by atoms with Gasteiger partial charge in [0.2, 0.25) is 11.8 Å². The summed E-state index contributed by atoms with van der Waals surface area (Å²) in [5, 5.41) is 3.13. The van der Waals surface area contributed by atoms with Crippen LogP contribution >= 0.6 is 23.2 Å². The van der Waals surface area contributed by atoms with Crippen molar-refractivity contribution in [2.75, 3.05) is 17.9 Å². The first kappa shape index (κ1) is 27.5. The number of hydrogen-bond acceptors (Lipinski definition) is 4. The molecule has 0 aromatic heterocycles. The van der Waals surface area contributed by atoms with Gasteiger partial charge in [0.15, 0.2) is 0 Å². The van der Waals surface area contributed by atoms with E-state index in [1.807, 2.05) is 6.92 Å². The first-order valence-electron chi connectivity index (χ1n) is 11.1. The second-order valence-electron chi connectivity index (χ2n) is 8.18. The van der Waals surface area contributed by atoms with Gasteiger partial charge in [0, 0.05) is 18.6 Å². The van der Waals surface area contributed by atoms with Crippen molar-refractivity contribution in [2.45, 2.75) is 31.3 Å². The maximum Gasteiger partial charge on any atom is 0.264 e. The lowest BCUT2D eigenvalue weighted by molar-refractivity contribution is -0.139. The maximum absolute atomic E-state index is 13.7. The molecule has 10 heteroatoms. The number of para-hydroxylation sites is 1. The third-order valence-electron chi connectivity index (χ3n) is 5.72. The van der Waals surface area contributed by atoms with Crippen molar-refractivity contribution in [1.82, 2.24) is 10.2 Å². The molecule has 190 valence electrons. The smallest absolute Gasteiger partial charge is 0.264 e. The number of sulfonamides is 1. The number of halogens is 2. The van der Waals surface area contributed by atoms with E-state index in [1.165, 1.54) is 30.1 Å². The van der Waals surface area contributed by atoms with Gasteiger partial charge >= 0.3 is 0 Å². The highest BCUT2D eigenvalue weighted by Gasteiger charge is 2.33. The molecule has 1 unspecified atom stereocenters. The second kappa shape index (κ2) is 11.8. The fourth-order valence-electron chi connectivity index (χ4n) is 3.61. The zero-order valence-electron chi connectivity index (χ0n) is 20.1. The quantitative estimate of drug-likeness (QED) is 0.422. The van der Waals surface area contributed by atoms with Crippen LogP contribution in [0.3, 0.4) is 0 Å². The monoisotopic (exact) mass is 547 g/mol. The standard InChI is InChI=1S/C26H27Cl2N3O4S/c1-18-12-14-21(15-13-18)36(34,35)31(24-11-7-6-10-23(24)28)17-25(32)30(19(2)26(33)29-3)16-20-8-4-5-9-22(20)27/h4-15,19H,16-17H2,1-3H3,(H,29,33). The molecule has 0 aliphatic rings. The molecular weight excluding hydrogens is 521 g/mol. The number of carbonyl (C=O) groups is 2. The number of nitrogens with one attached hydrogen (secondary N) is 1. The van der Waals surface area contributed by atoms with Crippen molar-refractivity contribution < 1.29 is 18.0 Å². The largest absolute Gasteiger partial charge is 0.357 e. The summed E-state index contributed by atoms with van der Waals surface area (Å²) in [6.07, 6.45) is 0. The van der Waals surface area contributed by atoms with Crippen molar-refractivity contribution in [3.05, 3.63) is 94.0 Å². The number of nitrogens with zero attached hydrogens (tertiary/aromatic N) is 2. The van der Waals surface area contributed by atoms with Gasteiger partial charge in [-0.2, -0.15) is 0 Å². The van der Waals surface area contributed by atoms with Crippen molar-refractivity contribution in [3.8, 4) is 0 Å². The molecule has 3 aromatic rings. The van der Waals surface area contributed by atoms with E-state index in [-0.39, 0.29) is 22.2 Å². The predicted molar refractivity (Wildman–Crippen MR) is 143 cm³/mol. The number of carbonyl (C=O) groups excluding carboxylic acids is 2. The van der Waals surface area contributed by atoms with Gasteiger partial charge in [-0.1, -0.05) is 71.2 Å². The summed E-state index contributed by atoms with van der Waals surface area (Å²) >= 11 is 12.7. The molecule has 0 spiro atoms. The SMILES string of the molecule is CNC(=O)C(C)N(Cc1ccccc1Cl)C(=O)CN(c1ccccc1Cl)S(=O)(=O)c1ccc(C)cc1. The molecule has 0 saturated heterocycles. The number of likely N-dealkylation sites (N-methyl/N-ethyl adjacent to an activating group) is 1.